The van der Waals surface area contributed by atoms with Crippen molar-refractivity contribution in [1.29, 1.82) is 0 Å². The second-order valence-corrected chi connectivity index (χ2v) is 5.95. The fraction of sp³-hybridized carbons (Fsp3) is 0.333. The van der Waals surface area contributed by atoms with Gasteiger partial charge in [-0.15, -0.1) is 0 Å². The van der Waals surface area contributed by atoms with Gasteiger partial charge in [0, 0.05) is 5.69 Å². The molecule has 0 spiro atoms. The van der Waals surface area contributed by atoms with Crippen molar-refractivity contribution < 1.29 is 29.9 Å². The Bertz CT molecular complexity index is 680. The summed E-state index contributed by atoms with van der Waals surface area (Å²) in [5, 5.41) is 42.3. The van der Waals surface area contributed by atoms with Crippen LogP contribution in [0.4, 0.5) is 5.69 Å². The molecule has 25 heavy (non-hydrogen) atoms. The zero-order chi connectivity index (χ0) is 17.9. The predicted octanol–water partition coefficient (Wildman–Crippen LogP) is 0.692. The fourth-order valence-corrected chi connectivity index (χ4v) is 2.54. The largest absolute Gasteiger partial charge is 0.457 e. The topological polar surface area (TPSA) is 111 Å². The summed E-state index contributed by atoms with van der Waals surface area (Å²) in [4.78, 5) is 0. The number of hydrogen-bond donors (Lipinski definition) is 5. The molecule has 134 valence electrons. The third kappa shape index (κ3) is 4.09. The normalized spacial score (nSPS) is 29.2. The van der Waals surface area contributed by atoms with Crippen molar-refractivity contribution in [2.24, 2.45) is 0 Å². The highest BCUT2D eigenvalue weighted by Gasteiger charge is 2.48. The number of ether oxygens (including phenoxy) is 2. The first-order valence-electron chi connectivity index (χ1n) is 7.95. The lowest BCUT2D eigenvalue weighted by Crippen LogP contribution is -2.63. The Labute approximate surface area is 145 Å². The number of para-hydroxylation sites is 1. The van der Waals surface area contributed by atoms with Crippen LogP contribution < -0.4 is 10.1 Å². The third-order valence-corrected chi connectivity index (χ3v) is 4.06. The molecule has 0 unspecified atom stereocenters. The Balaban J connectivity index is 1.58. The van der Waals surface area contributed by atoms with Crippen LogP contribution in [0.5, 0.6) is 11.5 Å². The summed E-state index contributed by atoms with van der Waals surface area (Å²) >= 11 is 0. The quantitative estimate of drug-likeness (QED) is 0.541. The molecule has 1 aliphatic rings. The van der Waals surface area contributed by atoms with Crippen molar-refractivity contribution in [3.05, 3.63) is 54.6 Å². The summed E-state index contributed by atoms with van der Waals surface area (Å²) in [6, 6.07) is 16.4. The minimum absolute atomic E-state index is 0.156. The van der Waals surface area contributed by atoms with Crippen molar-refractivity contribution >= 4 is 5.69 Å². The number of hydrogen-bond acceptors (Lipinski definition) is 7. The molecule has 7 nitrogen and oxygen atoms in total. The predicted molar refractivity (Wildman–Crippen MR) is 90.4 cm³/mol. The van der Waals surface area contributed by atoms with Crippen molar-refractivity contribution in [1.82, 2.24) is 0 Å². The van der Waals surface area contributed by atoms with Gasteiger partial charge < -0.3 is 35.2 Å². The summed E-state index contributed by atoms with van der Waals surface area (Å²) < 4.78 is 10.8. The van der Waals surface area contributed by atoms with E-state index in [1.54, 1.807) is 24.3 Å². The van der Waals surface area contributed by atoms with E-state index < -0.39 is 24.1 Å². The van der Waals surface area contributed by atoms with E-state index in [-0.39, 0.29) is 13.2 Å². The molecule has 5 N–H and O–H groups in total. The van der Waals surface area contributed by atoms with E-state index in [1.807, 2.05) is 30.3 Å². The molecule has 2 aromatic rings. The lowest BCUT2D eigenvalue weighted by atomic mass is 9.97. The van der Waals surface area contributed by atoms with Crippen LogP contribution in [0.2, 0.25) is 0 Å². The lowest BCUT2D eigenvalue weighted by Gasteiger charge is -2.41. The smallest absolute Gasteiger partial charge is 0.212 e. The first-order valence-corrected chi connectivity index (χ1v) is 7.95. The number of aliphatic hydroxyl groups excluding tert-OH is 3. The molecular weight excluding hydrogens is 326 g/mol. The highest BCUT2D eigenvalue weighted by molar-refractivity contribution is 5.47. The molecule has 1 fully saturated rings. The van der Waals surface area contributed by atoms with Gasteiger partial charge in [-0.05, 0) is 36.4 Å². The van der Waals surface area contributed by atoms with Crippen LogP contribution in [-0.4, -0.2) is 57.7 Å². The van der Waals surface area contributed by atoms with E-state index in [0.717, 1.165) is 5.75 Å². The minimum atomic E-state index is -1.99. The molecule has 0 radical (unpaired) electrons. The highest BCUT2D eigenvalue weighted by atomic mass is 16.6. The van der Waals surface area contributed by atoms with E-state index in [0.29, 0.717) is 11.4 Å². The number of anilines is 1. The summed E-state index contributed by atoms with van der Waals surface area (Å²) in [6.07, 6.45) is -4.32. The average molecular weight is 347 g/mol. The Morgan fingerprint density at radius 2 is 1.64 bits per heavy atom. The van der Waals surface area contributed by atoms with Crippen LogP contribution in [0, 0.1) is 0 Å². The van der Waals surface area contributed by atoms with Gasteiger partial charge in [-0.1, -0.05) is 18.2 Å². The molecule has 3 rings (SSSR count). The first-order chi connectivity index (χ1) is 12.0. The van der Waals surface area contributed by atoms with Gasteiger partial charge in [0.15, 0.2) is 0 Å². The van der Waals surface area contributed by atoms with E-state index in [9.17, 15) is 20.4 Å². The zero-order valence-electron chi connectivity index (χ0n) is 13.4. The Morgan fingerprint density at radius 3 is 2.32 bits per heavy atom. The molecule has 1 saturated heterocycles. The number of rotatable bonds is 5. The van der Waals surface area contributed by atoms with Gasteiger partial charge >= 0.3 is 0 Å². The average Bonchev–Trinajstić information content (AvgIpc) is 2.64. The Hall–Kier alpha value is -2.16. The Kier molecular flexibility index (Phi) is 5.22. The second kappa shape index (κ2) is 7.38. The number of aliphatic hydroxyl groups is 4. The molecule has 0 aliphatic carbocycles. The van der Waals surface area contributed by atoms with Crippen LogP contribution >= 0.6 is 0 Å². The molecule has 0 amide bonds. The molecule has 0 aromatic heterocycles. The van der Waals surface area contributed by atoms with Crippen molar-refractivity contribution in [3.63, 3.8) is 0 Å². The monoisotopic (exact) mass is 347 g/mol. The number of nitrogens with one attached hydrogen (secondary N) is 1. The molecule has 0 bridgehead atoms. The van der Waals surface area contributed by atoms with Crippen LogP contribution in [-0.2, 0) is 4.74 Å². The van der Waals surface area contributed by atoms with Crippen molar-refractivity contribution in [2.45, 2.75) is 24.1 Å². The maximum atomic E-state index is 10.3. The maximum absolute atomic E-state index is 10.3. The van der Waals surface area contributed by atoms with Gasteiger partial charge in [0.1, 0.15) is 29.8 Å². The van der Waals surface area contributed by atoms with Crippen LogP contribution in [0.25, 0.3) is 0 Å². The van der Waals surface area contributed by atoms with Crippen LogP contribution in [0.15, 0.2) is 54.6 Å². The SMILES string of the molecule is O[C@@H]1[C@H](O)CO[C@](O)(CNc2ccc(Oc3ccccc3)cc2)[C@H]1O. The summed E-state index contributed by atoms with van der Waals surface area (Å²) in [6.45, 7) is -0.420. The van der Waals surface area contributed by atoms with Crippen LogP contribution in [0.1, 0.15) is 0 Å². The lowest BCUT2D eigenvalue weighted by molar-refractivity contribution is -0.313. The van der Waals surface area contributed by atoms with Crippen molar-refractivity contribution in [2.75, 3.05) is 18.5 Å². The maximum Gasteiger partial charge on any atom is 0.212 e. The molecule has 0 saturated carbocycles. The molecule has 7 heteroatoms. The van der Waals surface area contributed by atoms with Gasteiger partial charge in [-0.2, -0.15) is 0 Å². The fourth-order valence-electron chi connectivity index (χ4n) is 2.54. The highest BCUT2D eigenvalue weighted by Crippen LogP contribution is 2.26. The first kappa shape index (κ1) is 17.7. The molecule has 1 heterocycles. The van der Waals surface area contributed by atoms with Gasteiger partial charge in [0.05, 0.1) is 13.2 Å². The second-order valence-electron chi connectivity index (χ2n) is 5.95. The van der Waals surface area contributed by atoms with Gasteiger partial charge in [0.2, 0.25) is 5.79 Å². The third-order valence-electron chi connectivity index (χ3n) is 4.06. The van der Waals surface area contributed by atoms with E-state index in [2.05, 4.69) is 5.32 Å². The zero-order valence-corrected chi connectivity index (χ0v) is 13.4. The summed E-state index contributed by atoms with van der Waals surface area (Å²) in [7, 11) is 0. The van der Waals surface area contributed by atoms with E-state index in [1.165, 1.54) is 0 Å². The Morgan fingerprint density at radius 1 is 1.00 bits per heavy atom. The summed E-state index contributed by atoms with van der Waals surface area (Å²) in [5.74, 6) is -0.607. The van der Waals surface area contributed by atoms with Gasteiger partial charge in [-0.3, -0.25) is 0 Å². The van der Waals surface area contributed by atoms with E-state index >= 15 is 0 Å². The standard InChI is InChI=1S/C18H21NO6/c20-15-10-24-18(23,17(22)16(15)21)11-19-12-6-8-14(9-7-12)25-13-4-2-1-3-5-13/h1-9,15-17,19-23H,10-11H2/t15-,16-,17+,18-/m1/s1. The van der Waals surface area contributed by atoms with Gasteiger partial charge in [0.25, 0.3) is 0 Å². The van der Waals surface area contributed by atoms with Crippen LogP contribution in [0.3, 0.4) is 0 Å². The van der Waals surface area contributed by atoms with Gasteiger partial charge in [-0.25, -0.2) is 0 Å². The van der Waals surface area contributed by atoms with Crippen molar-refractivity contribution in [3.8, 4) is 11.5 Å². The minimum Gasteiger partial charge on any atom is -0.457 e. The number of benzene rings is 2. The molecule has 1 aliphatic heterocycles. The molecule has 4 atom stereocenters. The van der Waals surface area contributed by atoms with E-state index in [4.69, 9.17) is 9.47 Å². The summed E-state index contributed by atoms with van der Waals surface area (Å²) in [5.41, 5.74) is 0.672. The molecular formula is C18H21NO6. The molecule has 2 aromatic carbocycles.